The standard InChI is InChI=1S/C28H22N2O3S/c1-2-33-25(32)17-24-30(23(31)18-34-24)28-26(19-11-5-3-6-12-19)21-15-9-10-16-22(21)29-27(28)20-13-7-4-8-14-20/h3-17H,2,18H2,1H3. The predicted octanol–water partition coefficient (Wildman–Crippen LogP) is 6.05. The van der Waals surface area contributed by atoms with Crippen molar-refractivity contribution in [3.8, 4) is 22.4 Å². The van der Waals surface area contributed by atoms with E-state index in [1.54, 1.807) is 11.8 Å². The molecule has 1 aliphatic heterocycles. The zero-order chi connectivity index (χ0) is 23.5. The van der Waals surface area contributed by atoms with Crippen LogP contribution in [0.1, 0.15) is 6.92 Å². The molecule has 3 aromatic carbocycles. The number of benzene rings is 3. The number of esters is 1. The maximum absolute atomic E-state index is 13.3. The number of rotatable bonds is 5. The molecule has 34 heavy (non-hydrogen) atoms. The monoisotopic (exact) mass is 466 g/mol. The van der Waals surface area contributed by atoms with E-state index in [0.717, 1.165) is 27.6 Å². The molecule has 4 aromatic rings. The number of nitrogens with zero attached hydrogens (tertiary/aromatic N) is 2. The average Bonchev–Trinajstić information content (AvgIpc) is 3.23. The van der Waals surface area contributed by atoms with Gasteiger partial charge in [0.15, 0.2) is 0 Å². The number of pyridine rings is 1. The largest absolute Gasteiger partial charge is 0.463 e. The summed E-state index contributed by atoms with van der Waals surface area (Å²) in [6.45, 7) is 2.03. The number of para-hydroxylation sites is 1. The van der Waals surface area contributed by atoms with E-state index in [2.05, 4.69) is 0 Å². The third-order valence-corrected chi connectivity index (χ3v) is 6.53. The third kappa shape index (κ3) is 4.08. The molecule has 5 rings (SSSR count). The van der Waals surface area contributed by atoms with E-state index in [1.165, 1.54) is 17.8 Å². The molecule has 5 nitrogen and oxygen atoms in total. The molecule has 0 bridgehead atoms. The Hall–Kier alpha value is -3.90. The van der Waals surface area contributed by atoms with Crippen LogP contribution in [0.3, 0.4) is 0 Å². The number of fused-ring (bicyclic) bond motifs is 1. The fourth-order valence-electron chi connectivity index (χ4n) is 4.13. The van der Waals surface area contributed by atoms with Gasteiger partial charge in [0.25, 0.3) is 0 Å². The Morgan fingerprint density at radius 3 is 2.32 bits per heavy atom. The summed E-state index contributed by atoms with van der Waals surface area (Å²) in [5, 5.41) is 1.47. The van der Waals surface area contributed by atoms with E-state index in [1.807, 2.05) is 84.9 Å². The molecule has 2 heterocycles. The van der Waals surface area contributed by atoms with Crippen LogP contribution in [0.15, 0.2) is 96.0 Å². The fourth-order valence-corrected chi connectivity index (χ4v) is 5.03. The molecule has 1 amide bonds. The SMILES string of the molecule is CCOC(=O)C=C1SCC(=O)N1c1c(-c2ccccc2)nc2ccccc2c1-c1ccccc1. The number of carbonyl (C=O) groups is 2. The summed E-state index contributed by atoms with van der Waals surface area (Å²) in [4.78, 5) is 32.3. The number of amides is 1. The van der Waals surface area contributed by atoms with Crippen molar-refractivity contribution in [2.24, 2.45) is 0 Å². The van der Waals surface area contributed by atoms with Gasteiger partial charge in [-0.15, -0.1) is 0 Å². The van der Waals surface area contributed by atoms with Crippen LogP contribution in [-0.4, -0.2) is 29.2 Å². The molecule has 0 N–H and O–H groups in total. The lowest BCUT2D eigenvalue weighted by molar-refractivity contribution is -0.137. The highest BCUT2D eigenvalue weighted by atomic mass is 32.2. The van der Waals surface area contributed by atoms with Crippen molar-refractivity contribution in [1.82, 2.24) is 4.98 Å². The van der Waals surface area contributed by atoms with E-state index < -0.39 is 5.97 Å². The molecule has 0 radical (unpaired) electrons. The molecule has 6 heteroatoms. The van der Waals surface area contributed by atoms with Crippen LogP contribution in [0.25, 0.3) is 33.3 Å². The first-order valence-corrected chi connectivity index (χ1v) is 12.0. The Labute approximate surface area is 202 Å². The Morgan fingerprint density at radius 1 is 0.971 bits per heavy atom. The van der Waals surface area contributed by atoms with Crippen molar-refractivity contribution in [3.05, 3.63) is 96.0 Å². The Kier molecular flexibility index (Phi) is 6.14. The molecule has 1 aliphatic rings. The minimum absolute atomic E-state index is 0.105. The summed E-state index contributed by atoms with van der Waals surface area (Å²) in [6, 6.07) is 27.7. The summed E-state index contributed by atoms with van der Waals surface area (Å²) in [7, 11) is 0. The molecule has 0 spiro atoms. The Morgan fingerprint density at radius 2 is 1.62 bits per heavy atom. The lowest BCUT2D eigenvalue weighted by atomic mass is 9.95. The highest BCUT2D eigenvalue weighted by Gasteiger charge is 2.34. The van der Waals surface area contributed by atoms with E-state index in [0.29, 0.717) is 16.4 Å². The maximum Gasteiger partial charge on any atom is 0.333 e. The number of carbonyl (C=O) groups excluding carboxylic acids is 2. The number of ether oxygens (including phenoxy) is 1. The first-order valence-electron chi connectivity index (χ1n) is 11.0. The molecule has 168 valence electrons. The van der Waals surface area contributed by atoms with Gasteiger partial charge >= 0.3 is 5.97 Å². The van der Waals surface area contributed by atoms with Gasteiger partial charge in [0.2, 0.25) is 5.91 Å². The van der Waals surface area contributed by atoms with Crippen LogP contribution in [0.2, 0.25) is 0 Å². The smallest absolute Gasteiger partial charge is 0.333 e. The van der Waals surface area contributed by atoms with Crippen molar-refractivity contribution < 1.29 is 14.3 Å². The summed E-state index contributed by atoms with van der Waals surface area (Å²) in [5.41, 5.74) is 4.94. The van der Waals surface area contributed by atoms with E-state index in [-0.39, 0.29) is 18.3 Å². The van der Waals surface area contributed by atoms with Crippen LogP contribution >= 0.6 is 11.8 Å². The zero-order valence-electron chi connectivity index (χ0n) is 18.6. The van der Waals surface area contributed by atoms with Crippen molar-refractivity contribution in [2.45, 2.75) is 6.92 Å². The summed E-state index contributed by atoms with van der Waals surface area (Å²) in [5.74, 6) is -0.339. The zero-order valence-corrected chi connectivity index (χ0v) is 19.4. The molecule has 0 atom stereocenters. The van der Waals surface area contributed by atoms with Crippen molar-refractivity contribution in [1.29, 1.82) is 0 Å². The quantitative estimate of drug-likeness (QED) is 0.265. The van der Waals surface area contributed by atoms with Crippen molar-refractivity contribution in [2.75, 3.05) is 17.3 Å². The molecule has 1 saturated heterocycles. The summed E-state index contributed by atoms with van der Waals surface area (Å²) >= 11 is 1.33. The minimum atomic E-state index is -0.471. The third-order valence-electron chi connectivity index (χ3n) is 5.54. The number of anilines is 1. The van der Waals surface area contributed by atoms with Crippen LogP contribution in [0, 0.1) is 0 Å². The van der Waals surface area contributed by atoms with Gasteiger partial charge in [-0.1, -0.05) is 90.6 Å². The van der Waals surface area contributed by atoms with Crippen molar-refractivity contribution in [3.63, 3.8) is 0 Å². The normalized spacial score (nSPS) is 14.7. The molecule has 1 fully saturated rings. The molecule has 0 unspecified atom stereocenters. The first kappa shape index (κ1) is 21.9. The van der Waals surface area contributed by atoms with Crippen LogP contribution in [-0.2, 0) is 14.3 Å². The topological polar surface area (TPSA) is 59.5 Å². The second kappa shape index (κ2) is 9.53. The Balaban J connectivity index is 1.87. The highest BCUT2D eigenvalue weighted by molar-refractivity contribution is 8.04. The van der Waals surface area contributed by atoms with E-state index >= 15 is 0 Å². The molecule has 0 saturated carbocycles. The fraction of sp³-hybridized carbons (Fsp3) is 0.107. The number of hydrogen-bond donors (Lipinski definition) is 0. The lowest BCUT2D eigenvalue weighted by Gasteiger charge is -2.25. The molecule has 1 aromatic heterocycles. The van der Waals surface area contributed by atoms with Crippen LogP contribution in [0.5, 0.6) is 0 Å². The highest BCUT2D eigenvalue weighted by Crippen LogP contribution is 2.47. The number of aromatic nitrogens is 1. The second-order valence-electron chi connectivity index (χ2n) is 7.69. The lowest BCUT2D eigenvalue weighted by Crippen LogP contribution is -2.26. The van der Waals surface area contributed by atoms with E-state index in [9.17, 15) is 9.59 Å². The molecular weight excluding hydrogens is 444 g/mol. The van der Waals surface area contributed by atoms with Gasteiger partial charge in [-0.05, 0) is 18.6 Å². The maximum atomic E-state index is 13.3. The second-order valence-corrected chi connectivity index (χ2v) is 8.68. The van der Waals surface area contributed by atoms with Gasteiger partial charge < -0.3 is 4.74 Å². The van der Waals surface area contributed by atoms with Crippen molar-refractivity contribution >= 4 is 40.2 Å². The first-order chi connectivity index (χ1) is 16.7. The average molecular weight is 467 g/mol. The minimum Gasteiger partial charge on any atom is -0.463 e. The molecule has 0 aliphatic carbocycles. The Bertz CT molecular complexity index is 1400. The van der Waals surface area contributed by atoms with Crippen LogP contribution in [0.4, 0.5) is 5.69 Å². The summed E-state index contributed by atoms with van der Waals surface area (Å²) in [6.07, 6.45) is 1.40. The number of hydrogen-bond acceptors (Lipinski definition) is 5. The van der Waals surface area contributed by atoms with Crippen LogP contribution < -0.4 is 4.90 Å². The van der Waals surface area contributed by atoms with Gasteiger partial charge in [0.05, 0.1) is 40.4 Å². The molecular formula is C28H22N2O3S. The van der Waals surface area contributed by atoms with E-state index in [4.69, 9.17) is 9.72 Å². The van der Waals surface area contributed by atoms with Gasteiger partial charge in [-0.25, -0.2) is 9.78 Å². The van der Waals surface area contributed by atoms with Gasteiger partial charge in [-0.3, -0.25) is 9.69 Å². The van der Waals surface area contributed by atoms with Gasteiger partial charge in [-0.2, -0.15) is 0 Å². The predicted molar refractivity (Wildman–Crippen MR) is 137 cm³/mol. The van der Waals surface area contributed by atoms with Gasteiger partial charge in [0, 0.05) is 16.5 Å². The number of thioether (sulfide) groups is 1. The summed E-state index contributed by atoms with van der Waals surface area (Å²) < 4.78 is 5.14. The van der Waals surface area contributed by atoms with Gasteiger partial charge in [0.1, 0.15) is 0 Å².